The third-order valence-electron chi connectivity index (χ3n) is 4.38. The van der Waals surface area contributed by atoms with Crippen LogP contribution in [0.2, 0.25) is 0 Å². The number of hydrazone groups is 1. The van der Waals surface area contributed by atoms with Crippen molar-refractivity contribution in [2.75, 3.05) is 5.32 Å². The zero-order chi connectivity index (χ0) is 19.8. The molecule has 2 amide bonds. The largest absolute Gasteiger partial charge is 0.326 e. The van der Waals surface area contributed by atoms with Gasteiger partial charge in [-0.05, 0) is 54.2 Å². The number of carbonyl (C=O) groups excluding carboxylic acids is 2. The minimum atomic E-state index is -0.291. The quantitative estimate of drug-likeness (QED) is 0.567. The molecule has 0 atom stereocenters. The molecule has 0 spiro atoms. The zero-order valence-electron chi connectivity index (χ0n) is 16.4. The number of benzene rings is 2. The van der Waals surface area contributed by atoms with E-state index in [1.54, 1.807) is 6.21 Å². The second-order valence-electron chi connectivity index (χ2n) is 6.96. The average Bonchev–Trinajstić information content (AvgIpc) is 2.63. The standard InChI is InChI=1S/C22H27N3O2/c1-15(2)19-8-6-18(7-9-19)14-23-25-22(27)12-11-21(26)24-20-10-5-16(3)17(4)13-20/h5-10,13-15H,11-12H2,1-4H3,(H,24,26)(H,25,27). The highest BCUT2D eigenvalue weighted by Crippen LogP contribution is 2.15. The van der Waals surface area contributed by atoms with Crippen molar-refractivity contribution in [1.82, 2.24) is 5.43 Å². The highest BCUT2D eigenvalue weighted by molar-refractivity contribution is 5.93. The fraction of sp³-hybridized carbons (Fsp3) is 0.318. The van der Waals surface area contributed by atoms with Gasteiger partial charge in [-0.3, -0.25) is 9.59 Å². The van der Waals surface area contributed by atoms with Gasteiger partial charge in [-0.2, -0.15) is 5.10 Å². The Balaban J connectivity index is 1.75. The summed E-state index contributed by atoms with van der Waals surface area (Å²) >= 11 is 0. The summed E-state index contributed by atoms with van der Waals surface area (Å²) in [5.74, 6) is -0.00685. The van der Waals surface area contributed by atoms with Crippen molar-refractivity contribution in [1.29, 1.82) is 0 Å². The number of anilines is 1. The molecule has 142 valence electrons. The minimum Gasteiger partial charge on any atom is -0.326 e. The van der Waals surface area contributed by atoms with Crippen LogP contribution in [0.5, 0.6) is 0 Å². The predicted octanol–water partition coefficient (Wildman–Crippen LogP) is 4.30. The molecule has 0 radical (unpaired) electrons. The summed E-state index contributed by atoms with van der Waals surface area (Å²) in [6.45, 7) is 8.29. The monoisotopic (exact) mass is 365 g/mol. The van der Waals surface area contributed by atoms with Crippen LogP contribution in [0, 0.1) is 13.8 Å². The molecule has 0 aliphatic heterocycles. The molecule has 5 heteroatoms. The first-order valence-corrected chi connectivity index (χ1v) is 9.14. The van der Waals surface area contributed by atoms with Crippen LogP contribution in [0.15, 0.2) is 47.6 Å². The number of hydrogen-bond acceptors (Lipinski definition) is 3. The van der Waals surface area contributed by atoms with E-state index in [1.807, 2.05) is 56.3 Å². The number of aryl methyl sites for hydroxylation is 2. The van der Waals surface area contributed by atoms with E-state index in [0.717, 1.165) is 16.8 Å². The minimum absolute atomic E-state index is 0.0836. The predicted molar refractivity (Wildman–Crippen MR) is 110 cm³/mol. The lowest BCUT2D eigenvalue weighted by atomic mass is 10.0. The lowest BCUT2D eigenvalue weighted by Crippen LogP contribution is -2.20. The van der Waals surface area contributed by atoms with Gasteiger partial charge in [0.15, 0.2) is 0 Å². The normalized spacial score (nSPS) is 11.0. The molecule has 0 saturated heterocycles. The maximum atomic E-state index is 12.0. The Morgan fingerprint density at radius 1 is 0.963 bits per heavy atom. The van der Waals surface area contributed by atoms with Gasteiger partial charge >= 0.3 is 0 Å². The molecule has 0 heterocycles. The first-order valence-electron chi connectivity index (χ1n) is 9.14. The average molecular weight is 365 g/mol. The molecule has 0 fully saturated rings. The van der Waals surface area contributed by atoms with Crippen molar-refractivity contribution in [3.8, 4) is 0 Å². The summed E-state index contributed by atoms with van der Waals surface area (Å²) < 4.78 is 0. The Hall–Kier alpha value is -2.95. The third kappa shape index (κ3) is 6.70. The topological polar surface area (TPSA) is 70.6 Å². The zero-order valence-corrected chi connectivity index (χ0v) is 16.4. The van der Waals surface area contributed by atoms with Crippen molar-refractivity contribution < 1.29 is 9.59 Å². The molecule has 27 heavy (non-hydrogen) atoms. The summed E-state index contributed by atoms with van der Waals surface area (Å²) in [7, 11) is 0. The second kappa shape index (κ2) is 9.67. The van der Waals surface area contributed by atoms with E-state index in [-0.39, 0.29) is 24.7 Å². The van der Waals surface area contributed by atoms with Crippen LogP contribution < -0.4 is 10.7 Å². The molecule has 2 aromatic rings. The van der Waals surface area contributed by atoms with Gasteiger partial charge in [-0.15, -0.1) is 0 Å². The molecule has 0 aliphatic rings. The fourth-order valence-electron chi connectivity index (χ4n) is 2.47. The number of amides is 2. The molecular weight excluding hydrogens is 338 g/mol. The van der Waals surface area contributed by atoms with Gasteiger partial charge in [-0.1, -0.05) is 44.2 Å². The molecular formula is C22H27N3O2. The molecule has 2 rings (SSSR count). The second-order valence-corrected chi connectivity index (χ2v) is 6.96. The smallest absolute Gasteiger partial charge is 0.240 e. The summed E-state index contributed by atoms with van der Waals surface area (Å²) in [5, 5.41) is 6.75. The number of carbonyl (C=O) groups is 2. The highest BCUT2D eigenvalue weighted by atomic mass is 16.2. The van der Waals surface area contributed by atoms with Crippen LogP contribution >= 0.6 is 0 Å². The number of hydrogen-bond donors (Lipinski definition) is 2. The van der Waals surface area contributed by atoms with E-state index in [2.05, 4.69) is 29.7 Å². The summed E-state index contributed by atoms with van der Waals surface area (Å²) in [6.07, 6.45) is 1.79. The van der Waals surface area contributed by atoms with Crippen molar-refractivity contribution in [2.24, 2.45) is 5.10 Å². The number of nitrogens with zero attached hydrogens (tertiary/aromatic N) is 1. The van der Waals surface area contributed by atoms with Crippen LogP contribution in [0.25, 0.3) is 0 Å². The van der Waals surface area contributed by atoms with Gasteiger partial charge in [0.25, 0.3) is 0 Å². The maximum Gasteiger partial charge on any atom is 0.240 e. The van der Waals surface area contributed by atoms with E-state index in [0.29, 0.717) is 5.92 Å². The molecule has 0 aliphatic carbocycles. The molecule has 0 saturated carbocycles. The molecule has 2 aromatic carbocycles. The molecule has 0 bridgehead atoms. The first kappa shape index (κ1) is 20.4. The van der Waals surface area contributed by atoms with Crippen molar-refractivity contribution in [3.63, 3.8) is 0 Å². The Morgan fingerprint density at radius 2 is 1.63 bits per heavy atom. The lowest BCUT2D eigenvalue weighted by molar-refractivity contribution is -0.124. The van der Waals surface area contributed by atoms with Crippen LogP contribution in [-0.2, 0) is 9.59 Å². The Labute approximate surface area is 160 Å². The highest BCUT2D eigenvalue weighted by Gasteiger charge is 2.07. The van der Waals surface area contributed by atoms with E-state index in [4.69, 9.17) is 0 Å². The fourth-order valence-corrected chi connectivity index (χ4v) is 2.47. The number of rotatable bonds is 7. The summed E-state index contributed by atoms with van der Waals surface area (Å²) in [6, 6.07) is 13.7. The molecule has 2 N–H and O–H groups in total. The maximum absolute atomic E-state index is 12.0. The Bertz CT molecular complexity index is 824. The summed E-state index contributed by atoms with van der Waals surface area (Å²) in [5.41, 5.74) is 7.64. The van der Waals surface area contributed by atoms with Gasteiger partial charge < -0.3 is 5.32 Å². The lowest BCUT2D eigenvalue weighted by Gasteiger charge is -2.07. The van der Waals surface area contributed by atoms with E-state index in [9.17, 15) is 9.59 Å². The van der Waals surface area contributed by atoms with Crippen LogP contribution in [0.1, 0.15) is 54.9 Å². The van der Waals surface area contributed by atoms with Gasteiger partial charge in [0, 0.05) is 18.5 Å². The van der Waals surface area contributed by atoms with E-state index >= 15 is 0 Å². The SMILES string of the molecule is Cc1ccc(NC(=O)CCC(=O)NN=Cc2ccc(C(C)C)cc2)cc1C. The number of nitrogens with one attached hydrogen (secondary N) is 2. The van der Waals surface area contributed by atoms with Crippen LogP contribution in [0.3, 0.4) is 0 Å². The van der Waals surface area contributed by atoms with Gasteiger partial charge in [0.05, 0.1) is 6.21 Å². The van der Waals surface area contributed by atoms with Crippen LogP contribution in [-0.4, -0.2) is 18.0 Å². The third-order valence-corrected chi connectivity index (χ3v) is 4.38. The van der Waals surface area contributed by atoms with E-state index in [1.165, 1.54) is 11.1 Å². The van der Waals surface area contributed by atoms with Gasteiger partial charge in [0.2, 0.25) is 11.8 Å². The Kier molecular flexibility index (Phi) is 7.29. The first-order chi connectivity index (χ1) is 12.8. The van der Waals surface area contributed by atoms with Crippen molar-refractivity contribution >= 4 is 23.7 Å². The van der Waals surface area contributed by atoms with Crippen molar-refractivity contribution in [3.05, 3.63) is 64.7 Å². The summed E-state index contributed by atoms with van der Waals surface area (Å²) in [4.78, 5) is 23.8. The van der Waals surface area contributed by atoms with Crippen LogP contribution in [0.4, 0.5) is 5.69 Å². The van der Waals surface area contributed by atoms with Gasteiger partial charge in [-0.25, -0.2) is 5.43 Å². The Morgan fingerprint density at radius 3 is 2.26 bits per heavy atom. The molecule has 0 aromatic heterocycles. The van der Waals surface area contributed by atoms with Crippen molar-refractivity contribution in [2.45, 2.75) is 46.5 Å². The van der Waals surface area contributed by atoms with Gasteiger partial charge in [0.1, 0.15) is 0 Å². The molecule has 5 nitrogen and oxygen atoms in total. The van der Waals surface area contributed by atoms with E-state index < -0.39 is 0 Å². The molecule has 0 unspecified atom stereocenters.